The highest BCUT2D eigenvalue weighted by atomic mass is 35.5. The number of halogens is 1. The summed E-state index contributed by atoms with van der Waals surface area (Å²) in [7, 11) is 1.56. The van der Waals surface area contributed by atoms with Crippen LogP contribution >= 0.6 is 22.9 Å². The summed E-state index contributed by atoms with van der Waals surface area (Å²) in [6.45, 7) is 0. The van der Waals surface area contributed by atoms with Crippen LogP contribution in [0.1, 0.15) is 58.4 Å². The first-order chi connectivity index (χ1) is 16.1. The van der Waals surface area contributed by atoms with E-state index in [1.807, 2.05) is 46.7 Å². The summed E-state index contributed by atoms with van der Waals surface area (Å²) in [5, 5.41) is 5.56. The van der Waals surface area contributed by atoms with Gasteiger partial charge in [0.1, 0.15) is 5.75 Å². The van der Waals surface area contributed by atoms with E-state index in [4.69, 9.17) is 16.3 Å². The lowest BCUT2D eigenvalue weighted by Gasteiger charge is -2.44. The van der Waals surface area contributed by atoms with Gasteiger partial charge in [-0.1, -0.05) is 48.7 Å². The summed E-state index contributed by atoms with van der Waals surface area (Å²) in [5.41, 5.74) is 1.88. The highest BCUT2D eigenvalue weighted by molar-refractivity contribution is 7.10. The number of amides is 2. The molecule has 2 amide bonds. The molecule has 3 aromatic rings. The average molecular weight is 481 g/mol. The Morgan fingerprint density at radius 1 is 1.12 bits per heavy atom. The molecule has 0 radical (unpaired) electrons. The van der Waals surface area contributed by atoms with Crippen molar-refractivity contribution in [3.8, 4) is 5.75 Å². The van der Waals surface area contributed by atoms with E-state index in [9.17, 15) is 9.59 Å². The fourth-order valence-electron chi connectivity index (χ4n) is 5.17. The molecule has 7 heteroatoms. The maximum absolute atomic E-state index is 13.9. The molecule has 0 bridgehead atoms. The summed E-state index contributed by atoms with van der Waals surface area (Å²) in [4.78, 5) is 30.7. The highest BCUT2D eigenvalue weighted by Gasteiger charge is 2.47. The van der Waals surface area contributed by atoms with E-state index in [2.05, 4.69) is 5.32 Å². The monoisotopic (exact) mass is 480 g/mol. The number of benzene rings is 2. The third-order valence-electron chi connectivity index (χ3n) is 6.63. The number of hydrogen-bond acceptors (Lipinski definition) is 4. The van der Waals surface area contributed by atoms with Crippen LogP contribution < -0.4 is 10.1 Å². The number of methoxy groups -OCH3 is 1. The molecule has 1 aromatic heterocycles. The third-order valence-corrected chi connectivity index (χ3v) is 7.81. The van der Waals surface area contributed by atoms with Crippen molar-refractivity contribution >= 4 is 40.4 Å². The number of thiophene rings is 1. The fraction of sp³-hybridized carbons (Fsp3) is 0.308. The molecular formula is C26H25ClN2O3S. The smallest absolute Gasteiger partial charge is 0.254 e. The van der Waals surface area contributed by atoms with Crippen molar-refractivity contribution in [2.75, 3.05) is 12.4 Å². The van der Waals surface area contributed by atoms with Crippen LogP contribution in [0.2, 0.25) is 5.02 Å². The molecule has 2 aliphatic rings. The topological polar surface area (TPSA) is 58.6 Å². The molecule has 1 N–H and O–H groups in total. The van der Waals surface area contributed by atoms with E-state index in [0.29, 0.717) is 22.0 Å². The zero-order valence-corrected chi connectivity index (χ0v) is 19.9. The molecule has 0 saturated heterocycles. The van der Waals surface area contributed by atoms with Crippen molar-refractivity contribution < 1.29 is 14.3 Å². The van der Waals surface area contributed by atoms with Crippen molar-refractivity contribution in [3.05, 3.63) is 81.0 Å². The molecule has 1 fully saturated rings. The van der Waals surface area contributed by atoms with Crippen molar-refractivity contribution in [2.24, 2.45) is 0 Å². The van der Waals surface area contributed by atoms with Gasteiger partial charge >= 0.3 is 0 Å². The van der Waals surface area contributed by atoms with Crippen LogP contribution in [0.25, 0.3) is 0 Å². The van der Waals surface area contributed by atoms with Gasteiger partial charge in [0.15, 0.2) is 0 Å². The Labute approximate surface area is 202 Å². The number of rotatable bonds is 5. The van der Waals surface area contributed by atoms with Crippen LogP contribution in [-0.4, -0.2) is 29.9 Å². The fourth-order valence-corrected chi connectivity index (χ4v) is 6.20. The number of fused-ring (bicyclic) bond motifs is 1. The van der Waals surface area contributed by atoms with E-state index < -0.39 is 5.92 Å². The Morgan fingerprint density at radius 2 is 1.91 bits per heavy atom. The number of carbonyl (C=O) groups excluding carboxylic acids is 2. The molecule has 33 heavy (non-hydrogen) atoms. The van der Waals surface area contributed by atoms with Gasteiger partial charge in [-0.3, -0.25) is 9.59 Å². The van der Waals surface area contributed by atoms with Gasteiger partial charge in [0.05, 0.1) is 24.8 Å². The van der Waals surface area contributed by atoms with E-state index in [1.165, 1.54) is 0 Å². The standard InChI is InChI=1S/C26H25ClN2O3S/c1-32-21-13-12-16(27)15-20(21)28-25(30)23-18-9-4-5-10-19(18)26(31)29(17-7-2-3-8-17)24(23)22-11-6-14-33-22/h4-6,9-15,17,23-24H,2-3,7-8H2,1H3,(H,28,30). The van der Waals surface area contributed by atoms with E-state index in [-0.39, 0.29) is 23.9 Å². The number of nitrogens with zero attached hydrogens (tertiary/aromatic N) is 1. The van der Waals surface area contributed by atoms with E-state index >= 15 is 0 Å². The quantitative estimate of drug-likeness (QED) is 0.468. The van der Waals surface area contributed by atoms with Crippen molar-refractivity contribution in [1.29, 1.82) is 0 Å². The number of ether oxygens (including phenoxy) is 1. The van der Waals surface area contributed by atoms with Gasteiger partial charge in [-0.2, -0.15) is 0 Å². The molecule has 2 heterocycles. The van der Waals surface area contributed by atoms with Gasteiger partial charge in [-0.15, -0.1) is 11.3 Å². The van der Waals surface area contributed by atoms with Gasteiger partial charge in [0.25, 0.3) is 5.91 Å². The average Bonchev–Trinajstić information content (AvgIpc) is 3.53. The van der Waals surface area contributed by atoms with Gasteiger partial charge in [-0.05, 0) is 54.1 Å². The Kier molecular flexibility index (Phi) is 6.13. The minimum absolute atomic E-state index is 0.0142. The predicted octanol–water partition coefficient (Wildman–Crippen LogP) is 6.27. The highest BCUT2D eigenvalue weighted by Crippen LogP contribution is 2.47. The zero-order chi connectivity index (χ0) is 22.9. The molecule has 1 saturated carbocycles. The van der Waals surface area contributed by atoms with Crippen molar-refractivity contribution in [1.82, 2.24) is 4.90 Å². The van der Waals surface area contributed by atoms with Crippen LogP contribution in [0, 0.1) is 0 Å². The summed E-state index contributed by atoms with van der Waals surface area (Å²) >= 11 is 7.79. The lowest BCUT2D eigenvalue weighted by Crippen LogP contribution is -2.49. The first kappa shape index (κ1) is 22.0. The molecule has 5 rings (SSSR count). The van der Waals surface area contributed by atoms with Gasteiger partial charge in [0, 0.05) is 21.5 Å². The molecule has 2 unspecified atom stereocenters. The number of nitrogens with one attached hydrogen (secondary N) is 1. The van der Waals surface area contributed by atoms with Crippen LogP contribution in [-0.2, 0) is 4.79 Å². The Hall–Kier alpha value is -2.83. The predicted molar refractivity (Wildman–Crippen MR) is 131 cm³/mol. The number of anilines is 1. The number of hydrogen-bond donors (Lipinski definition) is 1. The molecule has 170 valence electrons. The van der Waals surface area contributed by atoms with Crippen LogP contribution in [0.3, 0.4) is 0 Å². The number of carbonyl (C=O) groups is 2. The molecule has 2 aromatic carbocycles. The van der Waals surface area contributed by atoms with Crippen molar-refractivity contribution in [3.63, 3.8) is 0 Å². The largest absolute Gasteiger partial charge is 0.495 e. The molecule has 1 aliphatic heterocycles. The van der Waals surface area contributed by atoms with E-state index in [0.717, 1.165) is 36.1 Å². The second kappa shape index (κ2) is 9.20. The Balaban J connectivity index is 1.62. The van der Waals surface area contributed by atoms with Gasteiger partial charge < -0.3 is 15.0 Å². The Bertz CT molecular complexity index is 1170. The SMILES string of the molecule is COc1ccc(Cl)cc1NC(=O)C1c2ccccc2C(=O)N(C2CCCC2)C1c1cccs1. The maximum Gasteiger partial charge on any atom is 0.254 e. The molecule has 0 spiro atoms. The van der Waals surface area contributed by atoms with Gasteiger partial charge in [0.2, 0.25) is 5.91 Å². The first-order valence-corrected chi connectivity index (χ1v) is 12.4. The normalized spacial score (nSPS) is 20.5. The maximum atomic E-state index is 13.9. The molecule has 1 aliphatic carbocycles. The zero-order valence-electron chi connectivity index (χ0n) is 18.3. The third kappa shape index (κ3) is 4.02. The van der Waals surface area contributed by atoms with Gasteiger partial charge in [-0.25, -0.2) is 0 Å². The van der Waals surface area contributed by atoms with Crippen LogP contribution in [0.5, 0.6) is 5.75 Å². The van der Waals surface area contributed by atoms with E-state index in [1.54, 1.807) is 36.6 Å². The van der Waals surface area contributed by atoms with Crippen LogP contribution in [0.15, 0.2) is 60.0 Å². The summed E-state index contributed by atoms with van der Waals surface area (Å²) < 4.78 is 5.44. The summed E-state index contributed by atoms with van der Waals surface area (Å²) in [6.07, 6.45) is 4.13. The second-order valence-electron chi connectivity index (χ2n) is 8.51. The van der Waals surface area contributed by atoms with Crippen LogP contribution in [0.4, 0.5) is 5.69 Å². The summed E-state index contributed by atoms with van der Waals surface area (Å²) in [6, 6.07) is 16.4. The lowest BCUT2D eigenvalue weighted by molar-refractivity contribution is -0.119. The Morgan fingerprint density at radius 3 is 2.64 bits per heavy atom. The summed E-state index contributed by atoms with van der Waals surface area (Å²) in [5.74, 6) is -0.188. The molecular weight excluding hydrogens is 456 g/mol. The first-order valence-electron chi connectivity index (χ1n) is 11.2. The molecule has 5 nitrogen and oxygen atoms in total. The van der Waals surface area contributed by atoms with Crippen molar-refractivity contribution in [2.45, 2.75) is 43.7 Å². The minimum atomic E-state index is -0.554. The molecule has 2 atom stereocenters. The minimum Gasteiger partial charge on any atom is -0.495 e. The lowest BCUT2D eigenvalue weighted by atomic mass is 9.80. The second-order valence-corrected chi connectivity index (χ2v) is 9.93.